The van der Waals surface area contributed by atoms with Gasteiger partial charge in [-0.1, -0.05) is 0 Å². The molecular formula is C9H4F6N2. The number of nitriles is 1. The lowest BCUT2D eigenvalue weighted by molar-refractivity contribution is -0.141. The van der Waals surface area contributed by atoms with Gasteiger partial charge in [-0.3, -0.25) is 0 Å². The number of halogens is 6. The molecule has 0 spiro atoms. The van der Waals surface area contributed by atoms with Crippen LogP contribution in [0.3, 0.4) is 0 Å². The Labute approximate surface area is 91.5 Å². The molecule has 1 rings (SSSR count). The third-order valence-corrected chi connectivity index (χ3v) is 1.83. The maximum Gasteiger partial charge on any atom is 0.433 e. The molecule has 0 fully saturated rings. The van der Waals surface area contributed by atoms with Crippen LogP contribution >= 0.6 is 0 Å². The largest absolute Gasteiger partial charge is 0.433 e. The summed E-state index contributed by atoms with van der Waals surface area (Å²) in [6, 6.07) is 1.30. The molecule has 0 aliphatic carbocycles. The zero-order valence-electron chi connectivity index (χ0n) is 8.02. The molecule has 1 aromatic heterocycles. The number of hydrogen-bond acceptors (Lipinski definition) is 2. The standard InChI is InChI=1S/C9H4F6N2/c10-7-4(8(11)12)3-6(9(13,14)15)17-5(7)1-2-16/h3,8H,1H2. The van der Waals surface area contributed by atoms with Crippen molar-refractivity contribution in [2.75, 3.05) is 0 Å². The molecule has 92 valence electrons. The van der Waals surface area contributed by atoms with E-state index in [1.807, 2.05) is 0 Å². The summed E-state index contributed by atoms with van der Waals surface area (Å²) < 4.78 is 74.6. The zero-order chi connectivity index (χ0) is 13.2. The van der Waals surface area contributed by atoms with Gasteiger partial charge in [0.1, 0.15) is 5.69 Å². The highest BCUT2D eigenvalue weighted by Crippen LogP contribution is 2.32. The van der Waals surface area contributed by atoms with Crippen LogP contribution in [0.4, 0.5) is 26.3 Å². The summed E-state index contributed by atoms with van der Waals surface area (Å²) in [4.78, 5) is 2.82. The lowest BCUT2D eigenvalue weighted by Gasteiger charge is -2.11. The third-order valence-electron chi connectivity index (χ3n) is 1.83. The first-order valence-corrected chi connectivity index (χ1v) is 4.19. The minimum Gasteiger partial charge on any atom is -0.244 e. The molecule has 0 aliphatic rings. The fourth-order valence-corrected chi connectivity index (χ4v) is 1.10. The molecule has 0 aliphatic heterocycles. The van der Waals surface area contributed by atoms with Gasteiger partial charge in [-0.2, -0.15) is 18.4 Å². The van der Waals surface area contributed by atoms with E-state index in [-0.39, 0.29) is 6.07 Å². The van der Waals surface area contributed by atoms with Crippen molar-refractivity contribution in [3.8, 4) is 6.07 Å². The number of hydrogen-bond donors (Lipinski definition) is 0. The average molecular weight is 254 g/mol. The van der Waals surface area contributed by atoms with Crippen LogP contribution in [0.5, 0.6) is 0 Å². The van der Waals surface area contributed by atoms with Crippen molar-refractivity contribution in [2.24, 2.45) is 0 Å². The number of rotatable bonds is 2. The highest BCUT2D eigenvalue weighted by atomic mass is 19.4. The monoisotopic (exact) mass is 254 g/mol. The molecule has 0 saturated carbocycles. The van der Waals surface area contributed by atoms with Gasteiger partial charge >= 0.3 is 6.18 Å². The molecule has 1 heterocycles. The number of aromatic nitrogens is 1. The first-order chi connectivity index (χ1) is 7.77. The van der Waals surface area contributed by atoms with Crippen molar-refractivity contribution < 1.29 is 26.3 Å². The Balaban J connectivity index is 3.43. The van der Waals surface area contributed by atoms with E-state index in [4.69, 9.17) is 5.26 Å². The number of pyridine rings is 1. The lowest BCUT2D eigenvalue weighted by atomic mass is 10.1. The minimum atomic E-state index is -4.97. The molecule has 0 radical (unpaired) electrons. The predicted molar refractivity (Wildman–Crippen MR) is 43.5 cm³/mol. The highest BCUT2D eigenvalue weighted by Gasteiger charge is 2.35. The van der Waals surface area contributed by atoms with E-state index >= 15 is 0 Å². The van der Waals surface area contributed by atoms with E-state index in [2.05, 4.69) is 4.98 Å². The van der Waals surface area contributed by atoms with Crippen LogP contribution in [0.25, 0.3) is 0 Å². The predicted octanol–water partition coefficient (Wildman–Crippen LogP) is 3.24. The van der Waals surface area contributed by atoms with Crippen molar-refractivity contribution in [1.29, 1.82) is 5.26 Å². The van der Waals surface area contributed by atoms with Gasteiger partial charge in [0.25, 0.3) is 6.43 Å². The van der Waals surface area contributed by atoms with Crippen LogP contribution in [-0.2, 0) is 12.6 Å². The maximum atomic E-state index is 13.2. The molecule has 0 bridgehead atoms. The van der Waals surface area contributed by atoms with Crippen LogP contribution in [0.2, 0.25) is 0 Å². The van der Waals surface area contributed by atoms with Gasteiger partial charge in [0, 0.05) is 0 Å². The Kier molecular flexibility index (Phi) is 3.60. The summed E-state index contributed by atoms with van der Waals surface area (Å²) in [6.45, 7) is 0. The van der Waals surface area contributed by atoms with Gasteiger partial charge in [0.2, 0.25) is 0 Å². The van der Waals surface area contributed by atoms with E-state index in [1.54, 1.807) is 0 Å². The van der Waals surface area contributed by atoms with Gasteiger partial charge in [-0.25, -0.2) is 18.2 Å². The maximum absolute atomic E-state index is 13.2. The Hall–Kier alpha value is -1.78. The first-order valence-electron chi connectivity index (χ1n) is 4.19. The average Bonchev–Trinajstić information content (AvgIpc) is 2.19. The first kappa shape index (κ1) is 13.3. The van der Waals surface area contributed by atoms with Crippen molar-refractivity contribution in [2.45, 2.75) is 19.0 Å². The Morgan fingerprint density at radius 2 is 1.94 bits per heavy atom. The SMILES string of the molecule is N#CCc1nc(C(F)(F)F)cc(C(F)F)c1F. The molecule has 0 N–H and O–H groups in total. The lowest BCUT2D eigenvalue weighted by Crippen LogP contribution is -2.13. The number of alkyl halides is 5. The van der Waals surface area contributed by atoms with Gasteiger partial charge in [0.05, 0.1) is 23.7 Å². The van der Waals surface area contributed by atoms with E-state index in [1.165, 1.54) is 6.07 Å². The second kappa shape index (κ2) is 4.61. The van der Waals surface area contributed by atoms with E-state index in [9.17, 15) is 26.3 Å². The summed E-state index contributed by atoms with van der Waals surface area (Å²) >= 11 is 0. The minimum absolute atomic E-state index is 0.0547. The third kappa shape index (κ3) is 2.87. The molecule has 0 unspecified atom stereocenters. The van der Waals surface area contributed by atoms with Crippen LogP contribution in [0.1, 0.15) is 23.4 Å². The summed E-state index contributed by atoms with van der Waals surface area (Å²) in [6.07, 6.45) is -9.19. The van der Waals surface area contributed by atoms with E-state index < -0.39 is 41.8 Å². The van der Waals surface area contributed by atoms with Crippen molar-refractivity contribution in [3.63, 3.8) is 0 Å². The molecule has 2 nitrogen and oxygen atoms in total. The Morgan fingerprint density at radius 3 is 2.35 bits per heavy atom. The second-order valence-electron chi connectivity index (χ2n) is 2.99. The van der Waals surface area contributed by atoms with Gasteiger partial charge in [0.15, 0.2) is 5.82 Å². The van der Waals surface area contributed by atoms with Gasteiger partial charge in [-0.05, 0) is 6.07 Å². The van der Waals surface area contributed by atoms with Crippen molar-refractivity contribution in [1.82, 2.24) is 4.98 Å². The van der Waals surface area contributed by atoms with Gasteiger partial charge in [-0.15, -0.1) is 0 Å². The quantitative estimate of drug-likeness (QED) is 0.759. The highest BCUT2D eigenvalue weighted by molar-refractivity contribution is 5.27. The van der Waals surface area contributed by atoms with Crippen LogP contribution in [-0.4, -0.2) is 4.98 Å². The number of nitrogens with zero attached hydrogens (tertiary/aromatic N) is 2. The van der Waals surface area contributed by atoms with Crippen molar-refractivity contribution >= 4 is 0 Å². The smallest absolute Gasteiger partial charge is 0.244 e. The fourth-order valence-electron chi connectivity index (χ4n) is 1.10. The Morgan fingerprint density at radius 1 is 1.35 bits per heavy atom. The van der Waals surface area contributed by atoms with Crippen LogP contribution in [0.15, 0.2) is 6.07 Å². The van der Waals surface area contributed by atoms with Crippen LogP contribution in [0, 0.1) is 17.1 Å². The fraction of sp³-hybridized carbons (Fsp3) is 0.333. The summed E-state index contributed by atoms with van der Waals surface area (Å²) in [7, 11) is 0. The molecule has 0 amide bonds. The summed E-state index contributed by atoms with van der Waals surface area (Å²) in [5.41, 5.74) is -3.98. The molecule has 17 heavy (non-hydrogen) atoms. The molecule has 0 aromatic carbocycles. The normalized spacial score (nSPS) is 11.6. The Bertz CT molecular complexity index is 460. The van der Waals surface area contributed by atoms with Gasteiger partial charge < -0.3 is 0 Å². The van der Waals surface area contributed by atoms with E-state index in [0.29, 0.717) is 0 Å². The molecule has 0 saturated heterocycles. The van der Waals surface area contributed by atoms with Crippen LogP contribution < -0.4 is 0 Å². The second-order valence-corrected chi connectivity index (χ2v) is 2.99. The summed E-state index contributed by atoms with van der Waals surface area (Å²) in [5, 5.41) is 8.24. The zero-order valence-corrected chi connectivity index (χ0v) is 8.02. The van der Waals surface area contributed by atoms with Crippen molar-refractivity contribution in [3.05, 3.63) is 28.8 Å². The summed E-state index contributed by atoms with van der Waals surface area (Å²) in [5.74, 6) is -1.57. The molecule has 1 aromatic rings. The van der Waals surface area contributed by atoms with E-state index in [0.717, 1.165) is 0 Å². The molecule has 8 heteroatoms. The topological polar surface area (TPSA) is 36.7 Å². The molecular weight excluding hydrogens is 250 g/mol. The molecule has 0 atom stereocenters.